The Labute approximate surface area is 110 Å². The molecular weight excluding hydrogens is 304 g/mol. The number of ether oxygens (including phenoxy) is 1. The molecular formula is C11H7BrN2O4. The van der Waals surface area contributed by atoms with E-state index in [9.17, 15) is 9.59 Å². The van der Waals surface area contributed by atoms with Gasteiger partial charge in [-0.1, -0.05) is 12.1 Å². The zero-order valence-corrected chi connectivity index (χ0v) is 10.5. The smallest absolute Gasteiger partial charge is 0.361 e. The Balaban J connectivity index is 2.17. The summed E-state index contributed by atoms with van der Waals surface area (Å²) in [5.41, 5.74) is -0.266. The van der Waals surface area contributed by atoms with Crippen molar-refractivity contribution in [1.82, 2.24) is 10.2 Å². The van der Waals surface area contributed by atoms with Crippen LogP contribution < -0.4 is 4.74 Å². The van der Waals surface area contributed by atoms with Crippen LogP contribution in [0.4, 0.5) is 0 Å². The van der Waals surface area contributed by atoms with E-state index in [0.717, 1.165) is 6.07 Å². The van der Waals surface area contributed by atoms with Gasteiger partial charge in [-0.25, -0.2) is 9.59 Å². The third kappa shape index (κ3) is 2.57. The minimum atomic E-state index is -1.22. The van der Waals surface area contributed by atoms with Gasteiger partial charge in [0, 0.05) is 6.07 Å². The molecule has 0 aliphatic carbocycles. The summed E-state index contributed by atoms with van der Waals surface area (Å²) in [5.74, 6) is -1.58. The standard InChI is InChI=1S/C11H7BrN2O4/c12-6-3-1-2-4-9(6)18-11(17)8-5-7(10(15)16)13-14-8/h1-5H,(H,13,14)(H,15,16). The van der Waals surface area contributed by atoms with E-state index in [0.29, 0.717) is 10.2 Å². The first kappa shape index (κ1) is 12.3. The number of carboxylic acids is 1. The molecule has 0 saturated carbocycles. The van der Waals surface area contributed by atoms with Crippen molar-refractivity contribution < 1.29 is 19.4 Å². The quantitative estimate of drug-likeness (QED) is 0.669. The first-order valence-corrected chi connectivity index (χ1v) is 5.62. The average Bonchev–Trinajstić information content (AvgIpc) is 2.81. The Morgan fingerprint density at radius 2 is 2.06 bits per heavy atom. The molecule has 0 radical (unpaired) electrons. The summed E-state index contributed by atoms with van der Waals surface area (Å²) in [7, 11) is 0. The number of hydrogen-bond donors (Lipinski definition) is 2. The molecule has 0 bridgehead atoms. The number of aromatic nitrogens is 2. The van der Waals surface area contributed by atoms with Crippen LogP contribution in [0.1, 0.15) is 21.0 Å². The molecule has 0 unspecified atom stereocenters. The van der Waals surface area contributed by atoms with E-state index in [4.69, 9.17) is 9.84 Å². The van der Waals surface area contributed by atoms with E-state index in [-0.39, 0.29) is 11.4 Å². The molecule has 0 saturated heterocycles. The van der Waals surface area contributed by atoms with Crippen LogP contribution in [0, 0.1) is 0 Å². The van der Waals surface area contributed by atoms with Crippen molar-refractivity contribution in [3.05, 3.63) is 46.2 Å². The van der Waals surface area contributed by atoms with Crippen LogP contribution in [-0.4, -0.2) is 27.2 Å². The first-order valence-electron chi connectivity index (χ1n) is 4.83. The molecule has 0 atom stereocenters. The summed E-state index contributed by atoms with van der Waals surface area (Å²) >= 11 is 3.23. The number of aromatic amines is 1. The van der Waals surface area contributed by atoms with Gasteiger partial charge in [0.05, 0.1) is 4.47 Å². The second-order valence-electron chi connectivity index (χ2n) is 3.29. The minimum Gasteiger partial charge on any atom is -0.476 e. The van der Waals surface area contributed by atoms with Crippen LogP contribution in [0.25, 0.3) is 0 Å². The predicted molar refractivity (Wildman–Crippen MR) is 64.6 cm³/mol. The maximum atomic E-state index is 11.7. The predicted octanol–water partition coefficient (Wildman–Crippen LogP) is 2.09. The molecule has 0 aliphatic rings. The Bertz CT molecular complexity index is 609. The van der Waals surface area contributed by atoms with E-state index in [1.54, 1.807) is 24.3 Å². The molecule has 2 rings (SSSR count). The van der Waals surface area contributed by atoms with Crippen molar-refractivity contribution in [2.24, 2.45) is 0 Å². The molecule has 0 spiro atoms. The fourth-order valence-electron chi connectivity index (χ4n) is 1.22. The van der Waals surface area contributed by atoms with Gasteiger partial charge >= 0.3 is 11.9 Å². The van der Waals surface area contributed by atoms with Crippen molar-refractivity contribution in [3.8, 4) is 5.75 Å². The SMILES string of the molecule is O=C(O)c1cc(C(=O)Oc2ccccc2Br)[nH]n1. The molecule has 1 aromatic heterocycles. The number of halogens is 1. The number of hydrogen-bond acceptors (Lipinski definition) is 4. The summed E-state index contributed by atoms with van der Waals surface area (Å²) in [6, 6.07) is 7.93. The van der Waals surface area contributed by atoms with E-state index < -0.39 is 11.9 Å². The number of nitrogens with zero attached hydrogens (tertiary/aromatic N) is 1. The first-order chi connectivity index (χ1) is 8.58. The van der Waals surface area contributed by atoms with Crippen LogP contribution in [0.2, 0.25) is 0 Å². The molecule has 92 valence electrons. The highest BCUT2D eigenvalue weighted by Gasteiger charge is 2.16. The maximum Gasteiger partial charge on any atom is 0.361 e. The summed E-state index contributed by atoms with van der Waals surface area (Å²) in [6.07, 6.45) is 0. The highest BCUT2D eigenvalue weighted by atomic mass is 79.9. The topological polar surface area (TPSA) is 92.3 Å². The monoisotopic (exact) mass is 310 g/mol. The zero-order chi connectivity index (χ0) is 13.1. The van der Waals surface area contributed by atoms with Gasteiger partial charge < -0.3 is 9.84 Å². The van der Waals surface area contributed by atoms with Gasteiger partial charge in [0.2, 0.25) is 0 Å². The second kappa shape index (κ2) is 5.01. The Kier molecular flexibility index (Phi) is 3.42. The average molecular weight is 311 g/mol. The number of aromatic carboxylic acids is 1. The largest absolute Gasteiger partial charge is 0.476 e. The lowest BCUT2D eigenvalue weighted by Gasteiger charge is -2.03. The Morgan fingerprint density at radius 1 is 1.33 bits per heavy atom. The number of nitrogens with one attached hydrogen (secondary N) is 1. The third-order valence-electron chi connectivity index (χ3n) is 2.06. The molecule has 2 N–H and O–H groups in total. The number of benzene rings is 1. The molecule has 6 nitrogen and oxygen atoms in total. The fraction of sp³-hybridized carbons (Fsp3) is 0. The molecule has 18 heavy (non-hydrogen) atoms. The highest BCUT2D eigenvalue weighted by Crippen LogP contribution is 2.24. The van der Waals surface area contributed by atoms with Crippen molar-refractivity contribution in [2.45, 2.75) is 0 Å². The second-order valence-corrected chi connectivity index (χ2v) is 4.15. The van der Waals surface area contributed by atoms with Gasteiger partial charge in [0.25, 0.3) is 0 Å². The lowest BCUT2D eigenvalue weighted by Crippen LogP contribution is -2.09. The van der Waals surface area contributed by atoms with Gasteiger partial charge in [-0.2, -0.15) is 5.10 Å². The van der Waals surface area contributed by atoms with E-state index in [2.05, 4.69) is 26.1 Å². The minimum absolute atomic E-state index is 0.0249. The normalized spacial score (nSPS) is 10.1. The van der Waals surface area contributed by atoms with Gasteiger partial charge in [-0.15, -0.1) is 0 Å². The number of H-pyrrole nitrogens is 1. The van der Waals surface area contributed by atoms with Gasteiger partial charge in [-0.3, -0.25) is 5.10 Å². The highest BCUT2D eigenvalue weighted by molar-refractivity contribution is 9.10. The summed E-state index contributed by atoms with van der Waals surface area (Å²) in [6.45, 7) is 0. The Hall–Kier alpha value is -2.15. The summed E-state index contributed by atoms with van der Waals surface area (Å²) in [4.78, 5) is 22.3. The van der Waals surface area contributed by atoms with Gasteiger partial charge in [-0.05, 0) is 28.1 Å². The lowest BCUT2D eigenvalue weighted by atomic mass is 10.3. The molecule has 7 heteroatoms. The third-order valence-corrected chi connectivity index (χ3v) is 2.71. The maximum absolute atomic E-state index is 11.7. The lowest BCUT2D eigenvalue weighted by molar-refractivity contribution is 0.0689. The Morgan fingerprint density at radius 3 is 2.67 bits per heavy atom. The number of carbonyl (C=O) groups excluding carboxylic acids is 1. The number of para-hydroxylation sites is 1. The van der Waals surface area contributed by atoms with Crippen LogP contribution in [0.5, 0.6) is 5.75 Å². The van der Waals surface area contributed by atoms with Crippen molar-refractivity contribution in [3.63, 3.8) is 0 Å². The number of esters is 1. The molecule has 2 aromatic rings. The number of carbonyl (C=O) groups is 2. The molecule has 1 heterocycles. The summed E-state index contributed by atoms with van der Waals surface area (Å²) < 4.78 is 5.70. The fourth-order valence-corrected chi connectivity index (χ4v) is 1.58. The van der Waals surface area contributed by atoms with Crippen LogP contribution in [0.15, 0.2) is 34.8 Å². The van der Waals surface area contributed by atoms with E-state index >= 15 is 0 Å². The van der Waals surface area contributed by atoms with Crippen LogP contribution >= 0.6 is 15.9 Å². The molecule has 0 amide bonds. The van der Waals surface area contributed by atoms with Crippen LogP contribution in [0.3, 0.4) is 0 Å². The van der Waals surface area contributed by atoms with Crippen molar-refractivity contribution in [2.75, 3.05) is 0 Å². The number of rotatable bonds is 3. The molecule has 0 fully saturated rings. The number of carboxylic acid groups (broad SMARTS) is 1. The van der Waals surface area contributed by atoms with E-state index in [1.807, 2.05) is 0 Å². The zero-order valence-electron chi connectivity index (χ0n) is 8.88. The van der Waals surface area contributed by atoms with E-state index in [1.165, 1.54) is 0 Å². The molecule has 1 aromatic carbocycles. The van der Waals surface area contributed by atoms with Gasteiger partial charge in [0.15, 0.2) is 5.69 Å². The van der Waals surface area contributed by atoms with Crippen molar-refractivity contribution in [1.29, 1.82) is 0 Å². The van der Waals surface area contributed by atoms with Crippen LogP contribution in [-0.2, 0) is 0 Å². The van der Waals surface area contributed by atoms with Gasteiger partial charge in [0.1, 0.15) is 11.4 Å². The summed E-state index contributed by atoms with van der Waals surface area (Å²) in [5, 5.41) is 14.4. The molecule has 0 aliphatic heterocycles. The van der Waals surface area contributed by atoms with Crippen molar-refractivity contribution >= 4 is 27.9 Å².